The van der Waals surface area contributed by atoms with Crippen molar-refractivity contribution in [2.45, 2.75) is 59.9 Å². The van der Waals surface area contributed by atoms with Gasteiger partial charge in [0.2, 0.25) is 5.91 Å². The molecule has 0 aliphatic heterocycles. The van der Waals surface area contributed by atoms with Gasteiger partial charge in [-0.2, -0.15) is 0 Å². The van der Waals surface area contributed by atoms with E-state index in [1.165, 1.54) is 11.6 Å². The van der Waals surface area contributed by atoms with Crippen LogP contribution < -0.4 is 10.6 Å². The van der Waals surface area contributed by atoms with Crippen LogP contribution in [-0.4, -0.2) is 17.4 Å². The lowest BCUT2D eigenvalue weighted by atomic mass is 9.85. The SMILES string of the molecule is Cc1ccc([N+](=O)[O-])c(NC(=O)CNC(c2ccc(C(C)(C)C)cc2)C(C)C)c1C. The lowest BCUT2D eigenvalue weighted by molar-refractivity contribution is -0.384. The van der Waals surface area contributed by atoms with Gasteiger partial charge in [0, 0.05) is 12.1 Å². The first kappa shape index (κ1) is 23.5. The number of carbonyl (C=O) groups is 1. The van der Waals surface area contributed by atoms with Crippen LogP contribution in [0.2, 0.25) is 0 Å². The molecule has 2 rings (SSSR count). The van der Waals surface area contributed by atoms with E-state index in [2.05, 4.69) is 69.5 Å². The van der Waals surface area contributed by atoms with Gasteiger partial charge in [-0.05, 0) is 47.4 Å². The third kappa shape index (κ3) is 5.66. The molecule has 2 aromatic carbocycles. The number of nitro benzene ring substituents is 1. The Labute approximate surface area is 179 Å². The third-order valence-electron chi connectivity index (χ3n) is 5.46. The molecule has 30 heavy (non-hydrogen) atoms. The van der Waals surface area contributed by atoms with Crippen LogP contribution in [0.15, 0.2) is 36.4 Å². The molecule has 0 fully saturated rings. The van der Waals surface area contributed by atoms with Gasteiger partial charge in [0.05, 0.1) is 11.5 Å². The molecule has 0 aliphatic carbocycles. The molecule has 0 saturated carbocycles. The Kier molecular flexibility index (Phi) is 7.37. The van der Waals surface area contributed by atoms with E-state index >= 15 is 0 Å². The van der Waals surface area contributed by atoms with E-state index in [1.807, 2.05) is 6.92 Å². The Balaban J connectivity index is 2.14. The fraction of sp³-hybridized carbons (Fsp3) is 0.458. The molecule has 2 N–H and O–H groups in total. The van der Waals surface area contributed by atoms with Gasteiger partial charge in [-0.25, -0.2) is 0 Å². The van der Waals surface area contributed by atoms with Gasteiger partial charge >= 0.3 is 0 Å². The summed E-state index contributed by atoms with van der Waals surface area (Å²) in [5.74, 6) is -0.0305. The summed E-state index contributed by atoms with van der Waals surface area (Å²) in [6, 6.07) is 11.6. The molecule has 162 valence electrons. The first-order valence-electron chi connectivity index (χ1n) is 10.3. The van der Waals surface area contributed by atoms with Crippen molar-refractivity contribution in [3.63, 3.8) is 0 Å². The van der Waals surface area contributed by atoms with E-state index in [0.29, 0.717) is 5.56 Å². The molecule has 1 unspecified atom stereocenters. The molecule has 1 atom stereocenters. The van der Waals surface area contributed by atoms with Crippen LogP contribution in [0.5, 0.6) is 0 Å². The van der Waals surface area contributed by atoms with Crippen molar-refractivity contribution < 1.29 is 9.72 Å². The van der Waals surface area contributed by atoms with E-state index in [4.69, 9.17) is 0 Å². The van der Waals surface area contributed by atoms with Crippen molar-refractivity contribution in [1.29, 1.82) is 0 Å². The van der Waals surface area contributed by atoms with Crippen molar-refractivity contribution in [1.82, 2.24) is 5.32 Å². The highest BCUT2D eigenvalue weighted by atomic mass is 16.6. The zero-order valence-electron chi connectivity index (χ0n) is 19.0. The molecule has 0 bridgehead atoms. The Hall–Kier alpha value is -2.73. The number of nitrogens with zero attached hydrogens (tertiary/aromatic N) is 1. The minimum Gasteiger partial charge on any atom is -0.319 e. The fourth-order valence-corrected chi connectivity index (χ4v) is 3.43. The summed E-state index contributed by atoms with van der Waals surface area (Å²) in [5.41, 5.74) is 4.22. The minimum absolute atomic E-state index is 0.00152. The first-order valence-corrected chi connectivity index (χ1v) is 10.3. The summed E-state index contributed by atoms with van der Waals surface area (Å²) < 4.78 is 0. The topological polar surface area (TPSA) is 84.3 Å². The largest absolute Gasteiger partial charge is 0.319 e. The second-order valence-electron chi connectivity index (χ2n) is 9.18. The normalized spacial score (nSPS) is 12.7. The van der Waals surface area contributed by atoms with Crippen molar-refractivity contribution >= 4 is 17.3 Å². The van der Waals surface area contributed by atoms with Crippen LogP contribution in [0.4, 0.5) is 11.4 Å². The average molecular weight is 412 g/mol. The van der Waals surface area contributed by atoms with Crippen LogP contribution in [-0.2, 0) is 10.2 Å². The Morgan fingerprint density at radius 2 is 1.67 bits per heavy atom. The van der Waals surface area contributed by atoms with Gasteiger partial charge in [-0.1, -0.05) is 65.0 Å². The molecule has 0 radical (unpaired) electrons. The van der Waals surface area contributed by atoms with Crippen LogP contribution in [0, 0.1) is 29.9 Å². The van der Waals surface area contributed by atoms with Crippen molar-refractivity contribution in [2.24, 2.45) is 5.92 Å². The van der Waals surface area contributed by atoms with Crippen LogP contribution in [0.1, 0.15) is 62.9 Å². The molecule has 6 nitrogen and oxygen atoms in total. The zero-order chi connectivity index (χ0) is 22.6. The van der Waals surface area contributed by atoms with Crippen molar-refractivity contribution in [2.75, 3.05) is 11.9 Å². The smallest absolute Gasteiger partial charge is 0.293 e. The summed E-state index contributed by atoms with van der Waals surface area (Å²) in [6.45, 7) is 14.4. The van der Waals surface area contributed by atoms with Gasteiger partial charge in [0.1, 0.15) is 5.69 Å². The predicted octanol–water partition coefficient (Wildman–Crippen LogP) is 5.43. The standard InChI is InChI=1S/C24H33N3O3/c1-15(2)22(18-9-11-19(12-10-18)24(5,6)7)25-14-21(28)26-23-17(4)16(3)8-13-20(23)27(29)30/h8-13,15,22,25H,14H2,1-7H3,(H,26,28). The molecule has 6 heteroatoms. The molecule has 2 aromatic rings. The first-order chi connectivity index (χ1) is 13.9. The maximum Gasteiger partial charge on any atom is 0.293 e. The van der Waals surface area contributed by atoms with Gasteiger partial charge in [0.25, 0.3) is 5.69 Å². The number of benzene rings is 2. The summed E-state index contributed by atoms with van der Waals surface area (Å²) in [5, 5.41) is 17.4. The molecular formula is C24H33N3O3. The predicted molar refractivity (Wildman–Crippen MR) is 122 cm³/mol. The van der Waals surface area contributed by atoms with Crippen molar-refractivity contribution in [3.05, 3.63) is 68.8 Å². The number of aryl methyl sites for hydroxylation is 1. The van der Waals surface area contributed by atoms with E-state index in [0.717, 1.165) is 11.1 Å². The third-order valence-corrected chi connectivity index (χ3v) is 5.46. The molecule has 0 aromatic heterocycles. The maximum atomic E-state index is 12.6. The van der Waals surface area contributed by atoms with Crippen molar-refractivity contribution in [3.8, 4) is 0 Å². The number of anilines is 1. The minimum atomic E-state index is -0.469. The van der Waals surface area contributed by atoms with E-state index in [-0.39, 0.29) is 41.2 Å². The van der Waals surface area contributed by atoms with Crippen LogP contribution in [0.25, 0.3) is 0 Å². The fourth-order valence-electron chi connectivity index (χ4n) is 3.43. The highest BCUT2D eigenvalue weighted by Gasteiger charge is 2.22. The summed E-state index contributed by atoms with van der Waals surface area (Å²) in [6.07, 6.45) is 0. The molecular weight excluding hydrogens is 378 g/mol. The molecule has 1 amide bonds. The van der Waals surface area contributed by atoms with E-state index in [1.54, 1.807) is 13.0 Å². The monoisotopic (exact) mass is 411 g/mol. The lowest BCUT2D eigenvalue weighted by Crippen LogP contribution is -2.34. The van der Waals surface area contributed by atoms with Gasteiger partial charge in [0.15, 0.2) is 0 Å². The van der Waals surface area contributed by atoms with Crippen LogP contribution in [0.3, 0.4) is 0 Å². The van der Waals surface area contributed by atoms with Gasteiger partial charge in [-0.3, -0.25) is 14.9 Å². The molecule has 0 aliphatic rings. The van der Waals surface area contributed by atoms with E-state index in [9.17, 15) is 14.9 Å². The molecule has 0 saturated heterocycles. The van der Waals surface area contributed by atoms with Gasteiger partial charge in [-0.15, -0.1) is 0 Å². The number of nitrogens with one attached hydrogen (secondary N) is 2. The number of carbonyl (C=O) groups excluding carboxylic acids is 1. The number of hydrogen-bond donors (Lipinski definition) is 2. The second kappa shape index (κ2) is 9.39. The van der Waals surface area contributed by atoms with Crippen LogP contribution >= 0.6 is 0 Å². The summed E-state index contributed by atoms with van der Waals surface area (Å²) in [4.78, 5) is 23.5. The van der Waals surface area contributed by atoms with E-state index < -0.39 is 4.92 Å². The average Bonchev–Trinajstić information content (AvgIpc) is 2.65. The summed E-state index contributed by atoms with van der Waals surface area (Å²) >= 11 is 0. The Morgan fingerprint density at radius 3 is 2.17 bits per heavy atom. The molecule has 0 spiro atoms. The second-order valence-corrected chi connectivity index (χ2v) is 9.18. The molecule has 0 heterocycles. The lowest BCUT2D eigenvalue weighted by Gasteiger charge is -2.25. The quantitative estimate of drug-likeness (QED) is 0.470. The maximum absolute atomic E-state index is 12.6. The highest BCUT2D eigenvalue weighted by Crippen LogP contribution is 2.30. The number of hydrogen-bond acceptors (Lipinski definition) is 4. The summed E-state index contributed by atoms with van der Waals surface area (Å²) in [7, 11) is 0. The Morgan fingerprint density at radius 1 is 1.07 bits per heavy atom. The van der Waals surface area contributed by atoms with Gasteiger partial charge < -0.3 is 10.6 Å². The number of rotatable bonds is 7. The zero-order valence-corrected chi connectivity index (χ0v) is 19.0. The highest BCUT2D eigenvalue weighted by molar-refractivity contribution is 5.95. The number of amides is 1. The Bertz CT molecular complexity index is 913. The number of nitro groups is 1.